The zero-order chi connectivity index (χ0) is 36.7. The molecule has 0 aliphatic carbocycles. The molecular weight excluding hydrogens is 654 g/mol. The van der Waals surface area contributed by atoms with Crippen molar-refractivity contribution in [2.45, 2.75) is 46.0 Å². The van der Waals surface area contributed by atoms with Gasteiger partial charge >= 0.3 is 12.1 Å². The Morgan fingerprint density at radius 3 is 1.58 bits per heavy atom. The van der Waals surface area contributed by atoms with Crippen molar-refractivity contribution in [3.63, 3.8) is 0 Å². The van der Waals surface area contributed by atoms with Gasteiger partial charge in [-0.15, -0.1) is 0 Å². The summed E-state index contributed by atoms with van der Waals surface area (Å²) in [7, 11) is 1.67. The molecule has 5 aromatic rings. The van der Waals surface area contributed by atoms with Crippen molar-refractivity contribution in [2.75, 3.05) is 38.4 Å². The molecule has 0 bridgehead atoms. The third-order valence-corrected chi connectivity index (χ3v) is 8.72. The van der Waals surface area contributed by atoms with Gasteiger partial charge in [-0.25, -0.2) is 4.79 Å². The number of hydrogen-bond acceptors (Lipinski definition) is 8. The average molecular weight is 702 g/mol. The normalized spacial score (nSPS) is 11.4. The first-order valence-electron chi connectivity index (χ1n) is 17.6. The number of carbonyl (C=O) groups excluding carboxylic acids is 2. The van der Waals surface area contributed by atoms with Crippen LogP contribution >= 0.6 is 0 Å². The lowest BCUT2D eigenvalue weighted by Crippen LogP contribution is -2.16. The van der Waals surface area contributed by atoms with E-state index in [1.807, 2.05) is 24.3 Å². The van der Waals surface area contributed by atoms with Gasteiger partial charge in [-0.3, -0.25) is 4.79 Å². The maximum absolute atomic E-state index is 12.2. The van der Waals surface area contributed by atoms with Crippen LogP contribution in [0, 0.1) is 13.8 Å². The van der Waals surface area contributed by atoms with Gasteiger partial charge in [0.25, 0.3) is 0 Å². The number of hydrogen-bond donors (Lipinski definition) is 0. The molecule has 0 radical (unpaired) electrons. The highest BCUT2D eigenvalue weighted by Crippen LogP contribution is 2.36. The molecule has 5 rings (SSSR count). The number of aryl methyl sites for hydroxylation is 3. The molecule has 0 saturated heterocycles. The van der Waals surface area contributed by atoms with Gasteiger partial charge in [-0.05, 0) is 110 Å². The topological polar surface area (TPSA) is 83.5 Å². The summed E-state index contributed by atoms with van der Waals surface area (Å²) in [4.78, 5) is 25.3. The van der Waals surface area contributed by atoms with Crippen LogP contribution in [-0.2, 0) is 25.4 Å². The molecule has 0 aliphatic rings. The highest BCUT2D eigenvalue weighted by molar-refractivity contribution is 5.76. The maximum Gasteiger partial charge on any atom is 0.513 e. The number of methoxy groups -OCH3 is 1. The molecule has 0 spiro atoms. The number of benzene rings is 5. The SMILES string of the molecule is COc1ccc(C(CCCc2ccc(N(c3ccc(C)cc3)c3ccc(C)cc3)cc2)c2ccc(OC(=O)OCCOCCOC(C)=O)cc2)cc1. The minimum atomic E-state index is -0.810. The van der Waals surface area contributed by atoms with Crippen molar-refractivity contribution in [1.29, 1.82) is 0 Å². The Morgan fingerprint density at radius 2 is 1.08 bits per heavy atom. The van der Waals surface area contributed by atoms with E-state index in [1.54, 1.807) is 19.2 Å². The summed E-state index contributed by atoms with van der Waals surface area (Å²) in [5.41, 5.74) is 9.40. The molecule has 270 valence electrons. The quantitative estimate of drug-likeness (QED) is 0.0538. The zero-order valence-electron chi connectivity index (χ0n) is 30.4. The van der Waals surface area contributed by atoms with Gasteiger partial charge in [0.2, 0.25) is 0 Å². The van der Waals surface area contributed by atoms with Gasteiger partial charge in [0.1, 0.15) is 24.7 Å². The van der Waals surface area contributed by atoms with Gasteiger partial charge in [0.05, 0.1) is 20.3 Å². The van der Waals surface area contributed by atoms with E-state index < -0.39 is 6.16 Å². The van der Waals surface area contributed by atoms with E-state index in [-0.39, 0.29) is 38.3 Å². The summed E-state index contributed by atoms with van der Waals surface area (Å²) >= 11 is 0. The molecule has 1 unspecified atom stereocenters. The van der Waals surface area contributed by atoms with Crippen LogP contribution in [0.2, 0.25) is 0 Å². The van der Waals surface area contributed by atoms with Crippen molar-refractivity contribution in [1.82, 2.24) is 0 Å². The molecular formula is C44H47NO7. The van der Waals surface area contributed by atoms with Gasteiger partial charge in [0, 0.05) is 29.9 Å². The fraction of sp³-hybridized carbons (Fsp3) is 0.273. The summed E-state index contributed by atoms with van der Waals surface area (Å²) in [6, 6.07) is 41.9. The first-order valence-corrected chi connectivity index (χ1v) is 17.6. The molecule has 0 fully saturated rings. The second-order valence-corrected chi connectivity index (χ2v) is 12.6. The Hall–Kier alpha value is -5.60. The minimum Gasteiger partial charge on any atom is -0.497 e. The van der Waals surface area contributed by atoms with E-state index in [0.717, 1.165) is 47.6 Å². The summed E-state index contributed by atoms with van der Waals surface area (Å²) in [6.45, 7) is 6.12. The van der Waals surface area contributed by atoms with Crippen LogP contribution in [0.15, 0.2) is 121 Å². The van der Waals surface area contributed by atoms with Crippen molar-refractivity contribution < 1.29 is 33.3 Å². The summed E-state index contributed by atoms with van der Waals surface area (Å²) in [5, 5.41) is 0. The number of carbonyl (C=O) groups is 2. The van der Waals surface area contributed by atoms with Crippen molar-refractivity contribution in [2.24, 2.45) is 0 Å². The molecule has 0 saturated carbocycles. The molecule has 1 atom stereocenters. The molecule has 0 heterocycles. The van der Waals surface area contributed by atoms with Crippen LogP contribution < -0.4 is 14.4 Å². The molecule has 8 heteroatoms. The van der Waals surface area contributed by atoms with E-state index in [1.165, 1.54) is 29.2 Å². The van der Waals surface area contributed by atoms with Crippen molar-refractivity contribution in [3.05, 3.63) is 149 Å². The monoisotopic (exact) mass is 701 g/mol. The van der Waals surface area contributed by atoms with Gasteiger partial charge in [0.15, 0.2) is 0 Å². The molecule has 52 heavy (non-hydrogen) atoms. The summed E-state index contributed by atoms with van der Waals surface area (Å²) < 4.78 is 26.0. The average Bonchev–Trinajstić information content (AvgIpc) is 3.15. The number of esters is 1. The molecule has 5 aromatic carbocycles. The standard InChI is InChI=1S/C44H47NO7/c1-32-8-18-38(19-9-32)45(39-20-10-33(2)11-21-39)40-22-12-35(13-23-40)6-5-7-43(36-14-24-41(48-4)25-15-36)37-16-26-42(27-17-37)52-44(47)51-31-29-49-28-30-50-34(3)46/h8-27,43H,5-7,28-31H2,1-4H3. The second-order valence-electron chi connectivity index (χ2n) is 12.6. The Kier molecular flexibility index (Phi) is 13.9. The van der Waals surface area contributed by atoms with Crippen LogP contribution in [0.4, 0.5) is 21.9 Å². The lowest BCUT2D eigenvalue weighted by molar-refractivity contribution is -0.142. The summed E-state index contributed by atoms with van der Waals surface area (Å²) in [5.74, 6) is 0.967. The van der Waals surface area contributed by atoms with Crippen LogP contribution in [0.3, 0.4) is 0 Å². The fourth-order valence-corrected chi connectivity index (χ4v) is 5.94. The van der Waals surface area contributed by atoms with E-state index in [4.69, 9.17) is 23.7 Å². The third-order valence-electron chi connectivity index (χ3n) is 8.72. The molecule has 0 aromatic heterocycles. The highest BCUT2D eigenvalue weighted by atomic mass is 16.7. The zero-order valence-corrected chi connectivity index (χ0v) is 30.4. The predicted molar refractivity (Wildman–Crippen MR) is 204 cm³/mol. The van der Waals surface area contributed by atoms with E-state index >= 15 is 0 Å². The molecule has 0 amide bonds. The first kappa shape index (κ1) is 37.7. The lowest BCUT2D eigenvalue weighted by Gasteiger charge is -2.26. The fourth-order valence-electron chi connectivity index (χ4n) is 5.94. The number of nitrogens with zero attached hydrogens (tertiary/aromatic N) is 1. The largest absolute Gasteiger partial charge is 0.513 e. The van der Waals surface area contributed by atoms with Crippen LogP contribution in [0.25, 0.3) is 0 Å². The van der Waals surface area contributed by atoms with Gasteiger partial charge < -0.3 is 28.6 Å². The van der Waals surface area contributed by atoms with Crippen LogP contribution in [-0.4, -0.2) is 45.7 Å². The van der Waals surface area contributed by atoms with E-state index in [0.29, 0.717) is 5.75 Å². The van der Waals surface area contributed by atoms with E-state index in [9.17, 15) is 9.59 Å². The van der Waals surface area contributed by atoms with Crippen molar-refractivity contribution in [3.8, 4) is 11.5 Å². The number of anilines is 3. The summed E-state index contributed by atoms with van der Waals surface area (Å²) in [6.07, 6.45) is 2.02. The minimum absolute atomic E-state index is 0.0248. The lowest BCUT2D eigenvalue weighted by atomic mass is 9.86. The highest BCUT2D eigenvalue weighted by Gasteiger charge is 2.17. The Balaban J connectivity index is 1.21. The smallest absolute Gasteiger partial charge is 0.497 e. The first-order chi connectivity index (χ1) is 25.3. The Labute approximate surface area is 306 Å². The third kappa shape index (κ3) is 11.2. The van der Waals surface area contributed by atoms with Crippen molar-refractivity contribution >= 4 is 29.2 Å². The second kappa shape index (κ2) is 19.1. The number of ether oxygens (including phenoxy) is 5. The molecule has 0 N–H and O–H groups in total. The Morgan fingerprint density at radius 1 is 0.596 bits per heavy atom. The van der Waals surface area contributed by atoms with Crippen LogP contribution in [0.1, 0.15) is 53.5 Å². The van der Waals surface area contributed by atoms with E-state index in [2.05, 4.69) is 104 Å². The number of rotatable bonds is 17. The molecule has 0 aliphatic heterocycles. The maximum atomic E-state index is 12.2. The predicted octanol–water partition coefficient (Wildman–Crippen LogP) is 10.0. The van der Waals surface area contributed by atoms with Gasteiger partial charge in [-0.1, -0.05) is 71.8 Å². The van der Waals surface area contributed by atoms with Crippen LogP contribution in [0.5, 0.6) is 11.5 Å². The molecule has 8 nitrogen and oxygen atoms in total. The van der Waals surface area contributed by atoms with Gasteiger partial charge in [-0.2, -0.15) is 0 Å². The Bertz CT molecular complexity index is 1790.